The molecule has 0 aliphatic carbocycles. The predicted molar refractivity (Wildman–Crippen MR) is 80.3 cm³/mol. The summed E-state index contributed by atoms with van der Waals surface area (Å²) in [6, 6.07) is 3.07. The monoisotopic (exact) mass is 342 g/mol. The Morgan fingerprint density at radius 3 is 2.46 bits per heavy atom. The summed E-state index contributed by atoms with van der Waals surface area (Å²) in [5, 5.41) is 6.36. The number of ether oxygens (including phenoxy) is 1. The van der Waals surface area contributed by atoms with Crippen LogP contribution in [0.4, 0.5) is 29.1 Å². The molecule has 0 radical (unpaired) electrons. The van der Waals surface area contributed by atoms with Crippen LogP contribution in [0, 0.1) is 5.82 Å². The Labute approximate surface area is 135 Å². The van der Waals surface area contributed by atoms with Gasteiger partial charge >= 0.3 is 6.36 Å². The summed E-state index contributed by atoms with van der Waals surface area (Å²) in [6.45, 7) is 3.90. The van der Waals surface area contributed by atoms with E-state index >= 15 is 0 Å². The average molecular weight is 342 g/mol. The van der Waals surface area contributed by atoms with Crippen LogP contribution in [0.1, 0.15) is 13.8 Å². The van der Waals surface area contributed by atoms with Gasteiger partial charge in [-0.2, -0.15) is 0 Å². The van der Waals surface area contributed by atoms with Crippen molar-refractivity contribution in [2.24, 2.45) is 0 Å². The molecule has 9 heteroatoms. The molecule has 1 aliphatic heterocycles. The van der Waals surface area contributed by atoms with Gasteiger partial charge in [0.1, 0.15) is 29.3 Å². The summed E-state index contributed by atoms with van der Waals surface area (Å²) in [6.07, 6.45) is -3.61. The Morgan fingerprint density at radius 1 is 1.08 bits per heavy atom. The van der Waals surface area contributed by atoms with Crippen LogP contribution in [0.2, 0.25) is 0 Å². The minimum atomic E-state index is -4.88. The summed E-state index contributed by atoms with van der Waals surface area (Å²) in [5.74, 6) is -0.980. The van der Waals surface area contributed by atoms with Gasteiger partial charge in [0.25, 0.3) is 0 Å². The second-order valence-corrected chi connectivity index (χ2v) is 5.50. The van der Waals surface area contributed by atoms with Gasteiger partial charge in [0.2, 0.25) is 0 Å². The van der Waals surface area contributed by atoms with Gasteiger partial charge in [-0.15, -0.1) is 13.2 Å². The molecule has 128 valence electrons. The van der Waals surface area contributed by atoms with Crippen LogP contribution in [-0.4, -0.2) is 28.4 Å². The Kier molecular flexibility index (Phi) is 3.94. The molecule has 2 heterocycles. The van der Waals surface area contributed by atoms with Gasteiger partial charge in [-0.05, 0) is 26.0 Å². The lowest BCUT2D eigenvalue weighted by Gasteiger charge is -2.31. The zero-order chi connectivity index (χ0) is 17.5. The maximum absolute atomic E-state index is 14.3. The number of anilines is 2. The maximum Gasteiger partial charge on any atom is 0.573 e. The van der Waals surface area contributed by atoms with Crippen LogP contribution in [0.25, 0.3) is 11.3 Å². The first-order valence-corrected chi connectivity index (χ1v) is 7.18. The van der Waals surface area contributed by atoms with Crippen LogP contribution < -0.4 is 15.4 Å². The highest BCUT2D eigenvalue weighted by Gasteiger charge is 2.32. The molecular formula is C15H14F4N4O. The van der Waals surface area contributed by atoms with E-state index in [4.69, 9.17) is 0 Å². The van der Waals surface area contributed by atoms with E-state index in [1.165, 1.54) is 12.4 Å². The van der Waals surface area contributed by atoms with E-state index in [1.54, 1.807) is 0 Å². The topological polar surface area (TPSA) is 59.1 Å². The maximum atomic E-state index is 14.3. The molecule has 2 N–H and O–H groups in total. The lowest BCUT2D eigenvalue weighted by atomic mass is 10.0. The van der Waals surface area contributed by atoms with E-state index in [2.05, 4.69) is 25.3 Å². The zero-order valence-electron chi connectivity index (χ0n) is 12.8. The molecule has 0 saturated carbocycles. The van der Waals surface area contributed by atoms with E-state index in [0.29, 0.717) is 17.6 Å². The predicted octanol–water partition coefficient (Wildman–Crippen LogP) is 3.80. The third-order valence-electron chi connectivity index (χ3n) is 3.76. The standard InChI is InChI=1S/C15H14F4N4O/c1-7-8(2)23-14-13(22-7)12(20-6-21-14)10-4-3-9(5-11(10)16)24-15(17,18)19/h3-8,22H,1-2H3,(H,20,21,23). The van der Waals surface area contributed by atoms with Crippen LogP contribution >= 0.6 is 0 Å². The van der Waals surface area contributed by atoms with E-state index < -0.39 is 17.9 Å². The van der Waals surface area contributed by atoms with Crippen molar-refractivity contribution in [3.63, 3.8) is 0 Å². The Hall–Kier alpha value is -2.58. The van der Waals surface area contributed by atoms with Crippen molar-refractivity contribution in [2.75, 3.05) is 10.6 Å². The summed E-state index contributed by atoms with van der Waals surface area (Å²) >= 11 is 0. The molecule has 5 nitrogen and oxygen atoms in total. The summed E-state index contributed by atoms with van der Waals surface area (Å²) in [7, 11) is 0. The molecule has 2 aromatic rings. The molecular weight excluding hydrogens is 328 g/mol. The quantitative estimate of drug-likeness (QED) is 0.813. The molecule has 24 heavy (non-hydrogen) atoms. The van der Waals surface area contributed by atoms with E-state index in [0.717, 1.165) is 6.07 Å². The molecule has 1 aromatic heterocycles. The Morgan fingerprint density at radius 2 is 1.79 bits per heavy atom. The van der Waals surface area contributed by atoms with Crippen LogP contribution in [0.3, 0.4) is 0 Å². The smallest absolute Gasteiger partial charge is 0.406 e. The fourth-order valence-electron chi connectivity index (χ4n) is 2.41. The molecule has 2 unspecified atom stereocenters. The normalized spacial score (nSPS) is 19.9. The van der Waals surface area contributed by atoms with E-state index in [1.807, 2.05) is 13.8 Å². The van der Waals surface area contributed by atoms with Gasteiger partial charge in [-0.3, -0.25) is 0 Å². The average Bonchev–Trinajstić information content (AvgIpc) is 2.47. The van der Waals surface area contributed by atoms with Crippen molar-refractivity contribution >= 4 is 11.5 Å². The van der Waals surface area contributed by atoms with Crippen LogP contribution in [0.5, 0.6) is 5.75 Å². The van der Waals surface area contributed by atoms with Gasteiger partial charge in [-0.1, -0.05) is 0 Å². The van der Waals surface area contributed by atoms with Gasteiger partial charge in [0, 0.05) is 23.7 Å². The first kappa shape index (κ1) is 16.3. The number of nitrogens with zero attached hydrogens (tertiary/aromatic N) is 2. The second kappa shape index (κ2) is 5.81. The molecule has 0 spiro atoms. The third-order valence-corrected chi connectivity index (χ3v) is 3.76. The highest BCUT2D eigenvalue weighted by atomic mass is 19.4. The minimum Gasteiger partial charge on any atom is -0.406 e. The Balaban J connectivity index is 2.00. The number of aromatic nitrogens is 2. The van der Waals surface area contributed by atoms with E-state index in [-0.39, 0.29) is 23.3 Å². The largest absolute Gasteiger partial charge is 0.573 e. The molecule has 1 aliphatic rings. The molecule has 0 amide bonds. The highest BCUT2D eigenvalue weighted by molar-refractivity contribution is 5.84. The van der Waals surface area contributed by atoms with Crippen molar-refractivity contribution in [3.05, 3.63) is 30.3 Å². The van der Waals surface area contributed by atoms with Crippen LogP contribution in [-0.2, 0) is 0 Å². The number of hydrogen-bond donors (Lipinski definition) is 2. The van der Waals surface area contributed by atoms with Gasteiger partial charge in [-0.25, -0.2) is 14.4 Å². The Bertz CT molecular complexity index is 766. The summed E-state index contributed by atoms with van der Waals surface area (Å²) < 4.78 is 54.7. The van der Waals surface area contributed by atoms with Crippen molar-refractivity contribution < 1.29 is 22.3 Å². The van der Waals surface area contributed by atoms with Gasteiger partial charge in [0.15, 0.2) is 5.82 Å². The summed E-state index contributed by atoms with van der Waals surface area (Å²) in [5.41, 5.74) is 0.827. The number of hydrogen-bond acceptors (Lipinski definition) is 5. The van der Waals surface area contributed by atoms with Gasteiger partial charge in [0.05, 0.1) is 0 Å². The third kappa shape index (κ3) is 3.19. The number of fused-ring (bicyclic) bond motifs is 1. The van der Waals surface area contributed by atoms with Crippen LogP contribution in [0.15, 0.2) is 24.5 Å². The summed E-state index contributed by atoms with van der Waals surface area (Å²) in [4.78, 5) is 8.18. The number of alkyl halides is 3. The fourth-order valence-corrected chi connectivity index (χ4v) is 2.41. The minimum absolute atomic E-state index is 0.0400. The van der Waals surface area contributed by atoms with Gasteiger partial charge < -0.3 is 15.4 Å². The molecule has 0 bridgehead atoms. The first-order chi connectivity index (χ1) is 11.2. The molecule has 0 saturated heterocycles. The number of benzene rings is 1. The molecule has 1 aromatic carbocycles. The lowest BCUT2D eigenvalue weighted by molar-refractivity contribution is -0.274. The van der Waals surface area contributed by atoms with Crippen molar-refractivity contribution in [1.82, 2.24) is 9.97 Å². The number of halogens is 4. The van der Waals surface area contributed by atoms with E-state index in [9.17, 15) is 17.6 Å². The molecule has 3 rings (SSSR count). The van der Waals surface area contributed by atoms with Crippen molar-refractivity contribution in [1.29, 1.82) is 0 Å². The number of nitrogens with one attached hydrogen (secondary N) is 2. The first-order valence-electron chi connectivity index (χ1n) is 7.18. The number of rotatable bonds is 2. The van der Waals surface area contributed by atoms with Crippen molar-refractivity contribution in [2.45, 2.75) is 32.3 Å². The fraction of sp³-hybridized carbons (Fsp3) is 0.333. The lowest BCUT2D eigenvalue weighted by Crippen LogP contribution is -2.39. The highest BCUT2D eigenvalue weighted by Crippen LogP contribution is 2.37. The second-order valence-electron chi connectivity index (χ2n) is 5.50. The van der Waals surface area contributed by atoms with Crippen molar-refractivity contribution in [3.8, 4) is 17.0 Å². The SMILES string of the molecule is CC1Nc2ncnc(-c3ccc(OC(F)(F)F)cc3F)c2NC1C. The molecule has 2 atom stereocenters. The zero-order valence-corrected chi connectivity index (χ0v) is 12.8. The molecule has 0 fully saturated rings.